The molecular formula is C27H32N4O4S. The second-order valence-corrected chi connectivity index (χ2v) is 12.2. The Morgan fingerprint density at radius 3 is 2.22 bits per heavy atom. The van der Waals surface area contributed by atoms with Crippen LogP contribution in [0.5, 0.6) is 0 Å². The number of carboxylic acid groups (broad SMARTS) is 1. The van der Waals surface area contributed by atoms with Crippen molar-refractivity contribution in [2.24, 2.45) is 0 Å². The molecule has 0 radical (unpaired) electrons. The third-order valence-corrected chi connectivity index (χ3v) is 10.5. The average Bonchev–Trinajstić information content (AvgIpc) is 3.42. The summed E-state index contributed by atoms with van der Waals surface area (Å²) in [5, 5.41) is 17.4. The molecule has 0 amide bonds. The second-order valence-electron chi connectivity index (χ2n) is 10.1. The first-order valence-corrected chi connectivity index (χ1v) is 14.0. The van der Waals surface area contributed by atoms with Gasteiger partial charge in [-0.05, 0) is 62.1 Å². The van der Waals surface area contributed by atoms with Gasteiger partial charge in [0.15, 0.2) is 0 Å². The number of carboxylic acids is 1. The molecule has 1 saturated heterocycles. The van der Waals surface area contributed by atoms with Gasteiger partial charge in [-0.2, -0.15) is 4.31 Å². The highest BCUT2D eigenvalue weighted by molar-refractivity contribution is 7.89. The smallest absolute Gasteiger partial charge is 0.314 e. The van der Waals surface area contributed by atoms with Crippen LogP contribution in [0.15, 0.2) is 67.3 Å². The van der Waals surface area contributed by atoms with Crippen molar-refractivity contribution in [2.75, 3.05) is 0 Å². The molecule has 8 nitrogen and oxygen atoms in total. The second kappa shape index (κ2) is 9.78. The van der Waals surface area contributed by atoms with Crippen molar-refractivity contribution in [1.29, 1.82) is 0 Å². The summed E-state index contributed by atoms with van der Waals surface area (Å²) in [5.41, 5.74) is 1.53. The number of hydrogen-bond donors (Lipinski definition) is 1. The number of benzene rings is 2. The van der Waals surface area contributed by atoms with Crippen LogP contribution in [-0.2, 0) is 26.8 Å². The summed E-state index contributed by atoms with van der Waals surface area (Å²) in [6.45, 7) is 2.24. The quantitative estimate of drug-likeness (QED) is 0.527. The fourth-order valence-corrected chi connectivity index (χ4v) is 8.08. The molecule has 9 heteroatoms. The number of rotatable bonds is 6. The molecule has 2 aromatic carbocycles. The molecule has 1 N–H and O–H groups in total. The lowest BCUT2D eigenvalue weighted by atomic mass is 9.68. The van der Waals surface area contributed by atoms with Gasteiger partial charge >= 0.3 is 5.97 Å². The molecular weight excluding hydrogens is 476 g/mol. The van der Waals surface area contributed by atoms with Crippen LogP contribution in [0.4, 0.5) is 0 Å². The normalized spacial score (nSPS) is 28.5. The Hall–Kier alpha value is -3.04. The molecule has 0 bridgehead atoms. The van der Waals surface area contributed by atoms with Crippen molar-refractivity contribution in [1.82, 2.24) is 19.1 Å². The highest BCUT2D eigenvalue weighted by Crippen LogP contribution is 2.44. The lowest BCUT2D eigenvalue weighted by Gasteiger charge is -2.38. The molecule has 2 fully saturated rings. The molecule has 3 aromatic rings. The number of aliphatic carboxylic acids is 1. The van der Waals surface area contributed by atoms with Crippen molar-refractivity contribution in [3.63, 3.8) is 0 Å². The van der Waals surface area contributed by atoms with Gasteiger partial charge in [-0.15, -0.1) is 10.2 Å². The first-order valence-electron chi connectivity index (χ1n) is 12.5. The van der Waals surface area contributed by atoms with Gasteiger partial charge in [-0.1, -0.05) is 54.6 Å². The highest BCUT2D eigenvalue weighted by atomic mass is 32.2. The molecule has 1 unspecified atom stereocenters. The molecule has 1 aliphatic carbocycles. The topological polar surface area (TPSA) is 105 Å². The Labute approximate surface area is 212 Å². The molecule has 1 aromatic heterocycles. The summed E-state index contributed by atoms with van der Waals surface area (Å²) in [7, 11) is -3.52. The van der Waals surface area contributed by atoms with Crippen LogP contribution in [0.1, 0.15) is 73.4 Å². The summed E-state index contributed by atoms with van der Waals surface area (Å²) in [6.07, 6.45) is 7.30. The Morgan fingerprint density at radius 2 is 1.61 bits per heavy atom. The third kappa shape index (κ3) is 4.46. The van der Waals surface area contributed by atoms with Gasteiger partial charge < -0.3 is 9.67 Å². The van der Waals surface area contributed by atoms with Crippen molar-refractivity contribution >= 4 is 16.0 Å². The first kappa shape index (κ1) is 24.6. The SMILES string of the molecule is C[C@H]1CCC(c2ccccc2)S(=O)(=O)N1Cc1ccc(C2(C(=O)O)CCC(n3cnnc3)CC2)cc1. The standard InChI is InChI=1S/C27H32N4O4S/c1-20-7-12-25(22-5-3-2-4-6-22)36(34,35)31(20)17-21-8-10-23(11-9-21)27(26(32)33)15-13-24(14-16-27)30-18-28-29-19-30/h2-6,8-11,18-20,24-25H,7,12-17H2,1H3,(H,32,33)/t20-,24?,25?,27?/m0/s1. The Bertz CT molecular complexity index is 1290. The molecule has 190 valence electrons. The lowest BCUT2D eigenvalue weighted by Crippen LogP contribution is -2.44. The molecule has 0 spiro atoms. The summed E-state index contributed by atoms with van der Waals surface area (Å²) < 4.78 is 30.7. The van der Waals surface area contributed by atoms with E-state index in [1.165, 1.54) is 0 Å². The monoisotopic (exact) mass is 508 g/mol. The van der Waals surface area contributed by atoms with Crippen LogP contribution in [0, 0.1) is 0 Å². The zero-order valence-electron chi connectivity index (χ0n) is 20.4. The number of nitrogens with zero attached hydrogens (tertiary/aromatic N) is 4. The lowest BCUT2D eigenvalue weighted by molar-refractivity contribution is -0.145. The van der Waals surface area contributed by atoms with Crippen LogP contribution in [0.25, 0.3) is 0 Å². The van der Waals surface area contributed by atoms with Crippen LogP contribution < -0.4 is 0 Å². The summed E-state index contributed by atoms with van der Waals surface area (Å²) in [4.78, 5) is 12.5. The number of sulfonamides is 1. The van der Waals surface area contributed by atoms with Gasteiger partial charge in [-0.25, -0.2) is 8.42 Å². The zero-order chi connectivity index (χ0) is 25.3. The maximum Gasteiger partial charge on any atom is 0.314 e. The molecule has 2 heterocycles. The van der Waals surface area contributed by atoms with Gasteiger partial charge in [-0.3, -0.25) is 4.79 Å². The largest absolute Gasteiger partial charge is 0.481 e. The van der Waals surface area contributed by atoms with Crippen LogP contribution in [-0.4, -0.2) is 44.6 Å². The summed E-state index contributed by atoms with van der Waals surface area (Å²) in [6, 6.07) is 17.1. The van der Waals surface area contributed by atoms with E-state index >= 15 is 0 Å². The predicted octanol–water partition coefficient (Wildman–Crippen LogP) is 4.47. The van der Waals surface area contributed by atoms with E-state index in [1.54, 1.807) is 17.0 Å². The van der Waals surface area contributed by atoms with Crippen molar-refractivity contribution in [3.05, 3.63) is 83.9 Å². The summed E-state index contributed by atoms with van der Waals surface area (Å²) >= 11 is 0. The summed E-state index contributed by atoms with van der Waals surface area (Å²) in [5.74, 6) is -0.810. The average molecular weight is 509 g/mol. The molecule has 2 aliphatic rings. The molecule has 36 heavy (non-hydrogen) atoms. The van der Waals surface area contributed by atoms with E-state index in [4.69, 9.17) is 0 Å². The zero-order valence-corrected chi connectivity index (χ0v) is 21.2. The van der Waals surface area contributed by atoms with E-state index in [-0.39, 0.29) is 18.6 Å². The van der Waals surface area contributed by atoms with Gasteiger partial charge in [0, 0.05) is 18.6 Å². The molecule has 1 saturated carbocycles. The van der Waals surface area contributed by atoms with E-state index in [0.29, 0.717) is 19.3 Å². The van der Waals surface area contributed by atoms with Gasteiger partial charge in [0.2, 0.25) is 10.0 Å². The minimum absolute atomic E-state index is 0.0899. The van der Waals surface area contributed by atoms with Crippen molar-refractivity contribution in [3.8, 4) is 0 Å². The van der Waals surface area contributed by atoms with Crippen LogP contribution >= 0.6 is 0 Å². The van der Waals surface area contributed by atoms with Crippen molar-refractivity contribution < 1.29 is 18.3 Å². The van der Waals surface area contributed by atoms with Gasteiger partial charge in [0.25, 0.3) is 0 Å². The minimum atomic E-state index is -3.52. The molecule has 5 rings (SSSR count). The molecule has 1 aliphatic heterocycles. The number of hydrogen-bond acceptors (Lipinski definition) is 5. The van der Waals surface area contributed by atoms with Crippen LogP contribution in [0.2, 0.25) is 0 Å². The maximum absolute atomic E-state index is 13.5. The highest BCUT2D eigenvalue weighted by Gasteiger charge is 2.44. The van der Waals surface area contributed by atoms with E-state index < -0.39 is 26.7 Å². The molecule has 2 atom stereocenters. The van der Waals surface area contributed by atoms with Gasteiger partial charge in [0.05, 0.1) is 5.41 Å². The maximum atomic E-state index is 13.5. The third-order valence-electron chi connectivity index (χ3n) is 8.12. The number of aromatic nitrogens is 3. The van der Waals surface area contributed by atoms with E-state index in [1.807, 2.05) is 66.1 Å². The first-order chi connectivity index (χ1) is 17.3. The Morgan fingerprint density at radius 1 is 0.972 bits per heavy atom. The Kier molecular flexibility index (Phi) is 6.70. The fraction of sp³-hybridized carbons (Fsp3) is 0.444. The van der Waals surface area contributed by atoms with E-state index in [0.717, 1.165) is 36.0 Å². The number of carbonyl (C=O) groups is 1. The minimum Gasteiger partial charge on any atom is -0.481 e. The predicted molar refractivity (Wildman–Crippen MR) is 136 cm³/mol. The fourth-order valence-electron chi connectivity index (χ4n) is 5.88. The van der Waals surface area contributed by atoms with E-state index in [9.17, 15) is 18.3 Å². The van der Waals surface area contributed by atoms with E-state index in [2.05, 4.69) is 10.2 Å². The van der Waals surface area contributed by atoms with Gasteiger partial charge in [0.1, 0.15) is 17.9 Å². The van der Waals surface area contributed by atoms with Crippen LogP contribution in [0.3, 0.4) is 0 Å². The Balaban J connectivity index is 1.34. The van der Waals surface area contributed by atoms with Crippen molar-refractivity contribution in [2.45, 2.75) is 74.7 Å².